The number of aryl methyl sites for hydroxylation is 2. The van der Waals surface area contributed by atoms with Gasteiger partial charge in [-0.2, -0.15) is 4.98 Å². The van der Waals surface area contributed by atoms with Crippen LogP contribution in [0.1, 0.15) is 30.6 Å². The maximum Gasteiger partial charge on any atom is 0.332 e. The van der Waals surface area contributed by atoms with Gasteiger partial charge in [-0.15, -0.1) is 0 Å². The summed E-state index contributed by atoms with van der Waals surface area (Å²) in [6.45, 7) is 4.70. The number of imidazole rings is 1. The molecule has 9 heteroatoms. The summed E-state index contributed by atoms with van der Waals surface area (Å²) in [6.07, 6.45) is 0.809. The van der Waals surface area contributed by atoms with Crippen LogP contribution in [0.15, 0.2) is 33.9 Å². The summed E-state index contributed by atoms with van der Waals surface area (Å²) in [6, 6.07) is 6.84. The summed E-state index contributed by atoms with van der Waals surface area (Å²) in [4.78, 5) is 41.2. The first-order valence-corrected chi connectivity index (χ1v) is 9.40. The Kier molecular flexibility index (Phi) is 5.58. The number of ether oxygens (including phenoxy) is 1. The normalized spacial score (nSPS) is 11.2. The molecule has 0 aliphatic rings. The molecular formula is C20H25N5O4. The fourth-order valence-corrected chi connectivity index (χ4v) is 3.02. The van der Waals surface area contributed by atoms with Gasteiger partial charge in [0.05, 0.1) is 0 Å². The van der Waals surface area contributed by atoms with Gasteiger partial charge in [-0.3, -0.25) is 23.3 Å². The number of hydrogen-bond donors (Lipinski definition) is 1. The summed E-state index contributed by atoms with van der Waals surface area (Å²) >= 11 is 0. The van der Waals surface area contributed by atoms with Crippen LogP contribution in [-0.4, -0.2) is 31.6 Å². The van der Waals surface area contributed by atoms with Crippen molar-refractivity contribution in [3.63, 3.8) is 0 Å². The Balaban J connectivity index is 2.11. The number of fused-ring (bicyclic) bond motifs is 1. The van der Waals surface area contributed by atoms with Gasteiger partial charge in [-0.05, 0) is 36.6 Å². The monoisotopic (exact) mass is 399 g/mol. The van der Waals surface area contributed by atoms with Gasteiger partial charge in [-0.25, -0.2) is 4.79 Å². The predicted molar refractivity (Wildman–Crippen MR) is 110 cm³/mol. The van der Waals surface area contributed by atoms with Gasteiger partial charge >= 0.3 is 11.7 Å². The molecule has 0 aliphatic carbocycles. The van der Waals surface area contributed by atoms with Crippen molar-refractivity contribution in [1.29, 1.82) is 0 Å². The molecule has 0 aliphatic heterocycles. The van der Waals surface area contributed by atoms with Crippen LogP contribution in [0.25, 0.3) is 11.2 Å². The van der Waals surface area contributed by atoms with Crippen molar-refractivity contribution in [2.45, 2.75) is 26.8 Å². The quantitative estimate of drug-likeness (QED) is 0.679. The molecule has 0 radical (unpaired) electrons. The molecular weight excluding hydrogens is 374 g/mol. The highest BCUT2D eigenvalue weighted by Crippen LogP contribution is 2.25. The maximum absolute atomic E-state index is 12.8. The highest BCUT2D eigenvalue weighted by atomic mass is 16.5. The molecule has 0 saturated heterocycles. The summed E-state index contributed by atoms with van der Waals surface area (Å²) in [5, 5.41) is 2.56. The van der Waals surface area contributed by atoms with Gasteiger partial charge in [0.1, 0.15) is 5.75 Å². The Bertz CT molecular complexity index is 1170. The minimum absolute atomic E-state index is 0.195. The lowest BCUT2D eigenvalue weighted by molar-refractivity contribution is 0.0963. The van der Waals surface area contributed by atoms with Crippen molar-refractivity contribution in [1.82, 2.24) is 24.0 Å². The molecule has 0 bridgehead atoms. The number of benzene rings is 1. The predicted octanol–water partition coefficient (Wildman–Crippen LogP) is 1.63. The van der Waals surface area contributed by atoms with Crippen molar-refractivity contribution < 1.29 is 9.53 Å². The molecule has 0 spiro atoms. The maximum atomic E-state index is 12.8. The molecule has 2 aromatic heterocycles. The van der Waals surface area contributed by atoms with E-state index >= 15 is 0 Å². The molecule has 1 N–H and O–H groups in total. The van der Waals surface area contributed by atoms with Crippen LogP contribution >= 0.6 is 0 Å². The molecule has 0 saturated carbocycles. The number of carbonyl (C=O) groups is 1. The van der Waals surface area contributed by atoms with Gasteiger partial charge in [0.15, 0.2) is 11.2 Å². The van der Waals surface area contributed by atoms with E-state index in [-0.39, 0.29) is 17.6 Å². The van der Waals surface area contributed by atoms with E-state index in [1.807, 2.05) is 0 Å². The van der Waals surface area contributed by atoms with E-state index in [0.717, 1.165) is 11.0 Å². The number of rotatable bonds is 6. The molecule has 9 nitrogen and oxygen atoms in total. The van der Waals surface area contributed by atoms with Crippen molar-refractivity contribution in [2.24, 2.45) is 20.0 Å². The smallest absolute Gasteiger partial charge is 0.332 e. The van der Waals surface area contributed by atoms with Crippen LogP contribution in [0, 0.1) is 5.92 Å². The van der Waals surface area contributed by atoms with E-state index in [1.54, 1.807) is 42.9 Å². The van der Waals surface area contributed by atoms with Gasteiger partial charge in [0, 0.05) is 33.3 Å². The third-order valence-electron chi connectivity index (χ3n) is 4.80. The topological polar surface area (TPSA) is 100 Å². The van der Waals surface area contributed by atoms with Crippen LogP contribution in [0.5, 0.6) is 11.8 Å². The van der Waals surface area contributed by atoms with Crippen LogP contribution in [0.4, 0.5) is 0 Å². The number of nitrogens with one attached hydrogen (secondary N) is 1. The second kappa shape index (κ2) is 7.94. The molecule has 2 heterocycles. The second-order valence-corrected chi connectivity index (χ2v) is 7.31. The van der Waals surface area contributed by atoms with E-state index in [1.165, 1.54) is 11.6 Å². The molecule has 3 rings (SSSR count). The summed E-state index contributed by atoms with van der Waals surface area (Å²) < 4.78 is 10.1. The van der Waals surface area contributed by atoms with Crippen LogP contribution in [-0.2, 0) is 20.6 Å². The lowest BCUT2D eigenvalue weighted by atomic mass is 10.1. The lowest BCUT2D eigenvalue weighted by Crippen LogP contribution is -2.37. The summed E-state index contributed by atoms with van der Waals surface area (Å²) in [5.74, 6) is 0.684. The van der Waals surface area contributed by atoms with Gasteiger partial charge in [0.2, 0.25) is 0 Å². The standard InChI is InChI=1S/C20H25N5O4/c1-12(2)10-11-25-15-16(23(4)20(28)24(5)18(15)27)22-19(25)29-14-8-6-13(7-9-14)17(26)21-3/h6-9,12H,10-11H2,1-5H3,(H,21,26). The van der Waals surface area contributed by atoms with E-state index in [9.17, 15) is 14.4 Å². The number of aromatic nitrogens is 4. The Hall–Kier alpha value is -3.36. The van der Waals surface area contributed by atoms with Crippen molar-refractivity contribution in [3.8, 4) is 11.8 Å². The Morgan fingerprint density at radius 2 is 1.79 bits per heavy atom. The first-order valence-electron chi connectivity index (χ1n) is 9.40. The van der Waals surface area contributed by atoms with E-state index in [4.69, 9.17) is 4.74 Å². The van der Waals surface area contributed by atoms with E-state index in [0.29, 0.717) is 29.3 Å². The van der Waals surface area contributed by atoms with E-state index < -0.39 is 11.2 Å². The Morgan fingerprint density at radius 3 is 2.38 bits per heavy atom. The fraction of sp³-hybridized carbons (Fsp3) is 0.400. The summed E-state index contributed by atoms with van der Waals surface area (Å²) in [7, 11) is 4.59. The highest BCUT2D eigenvalue weighted by molar-refractivity contribution is 5.94. The van der Waals surface area contributed by atoms with Crippen molar-refractivity contribution >= 4 is 17.1 Å². The number of hydrogen-bond acceptors (Lipinski definition) is 5. The second-order valence-electron chi connectivity index (χ2n) is 7.31. The lowest BCUT2D eigenvalue weighted by Gasteiger charge is -2.11. The van der Waals surface area contributed by atoms with Crippen LogP contribution in [0.3, 0.4) is 0 Å². The molecule has 0 unspecified atom stereocenters. The third kappa shape index (κ3) is 3.80. The largest absolute Gasteiger partial charge is 0.425 e. The minimum atomic E-state index is -0.447. The highest BCUT2D eigenvalue weighted by Gasteiger charge is 2.20. The summed E-state index contributed by atoms with van der Waals surface area (Å²) in [5.41, 5.74) is 0.247. The van der Waals surface area contributed by atoms with Crippen LogP contribution < -0.4 is 21.3 Å². The van der Waals surface area contributed by atoms with Gasteiger partial charge in [-0.1, -0.05) is 13.8 Å². The average molecular weight is 399 g/mol. The average Bonchev–Trinajstić information content (AvgIpc) is 3.07. The van der Waals surface area contributed by atoms with Crippen molar-refractivity contribution in [3.05, 3.63) is 50.7 Å². The SMILES string of the molecule is CNC(=O)c1ccc(Oc2nc3c(c(=O)n(C)c(=O)n3C)n2CCC(C)C)cc1. The third-order valence-corrected chi connectivity index (χ3v) is 4.80. The first kappa shape index (κ1) is 20.4. The molecule has 3 aromatic rings. The fourth-order valence-electron chi connectivity index (χ4n) is 3.02. The molecule has 1 amide bonds. The number of amides is 1. The Labute approximate surface area is 167 Å². The zero-order valence-corrected chi connectivity index (χ0v) is 17.2. The Morgan fingerprint density at radius 1 is 1.14 bits per heavy atom. The van der Waals surface area contributed by atoms with Gasteiger partial charge < -0.3 is 10.1 Å². The number of nitrogens with zero attached hydrogens (tertiary/aromatic N) is 4. The molecule has 0 fully saturated rings. The molecule has 1 aromatic carbocycles. The molecule has 154 valence electrons. The van der Waals surface area contributed by atoms with E-state index in [2.05, 4.69) is 24.1 Å². The minimum Gasteiger partial charge on any atom is -0.425 e. The van der Waals surface area contributed by atoms with Gasteiger partial charge in [0.25, 0.3) is 11.5 Å². The zero-order valence-electron chi connectivity index (χ0n) is 17.2. The van der Waals surface area contributed by atoms with Crippen molar-refractivity contribution in [2.75, 3.05) is 7.05 Å². The number of carbonyl (C=O) groups excluding carboxylic acids is 1. The van der Waals surface area contributed by atoms with Crippen LogP contribution in [0.2, 0.25) is 0 Å². The first-order chi connectivity index (χ1) is 13.7. The zero-order chi connectivity index (χ0) is 21.3. The molecule has 0 atom stereocenters. The molecule has 29 heavy (non-hydrogen) atoms.